The van der Waals surface area contributed by atoms with Gasteiger partial charge >= 0.3 is 0 Å². The van der Waals surface area contributed by atoms with Crippen molar-refractivity contribution in [3.05, 3.63) is 22.4 Å². The highest BCUT2D eigenvalue weighted by atomic mass is 32.1. The molecule has 1 aliphatic rings. The summed E-state index contributed by atoms with van der Waals surface area (Å²) in [4.78, 5) is 1.52. The van der Waals surface area contributed by atoms with Crippen LogP contribution >= 0.6 is 11.3 Å². The fourth-order valence-corrected chi connectivity index (χ4v) is 3.28. The Hall–Kier alpha value is -0.340. The SMILES string of the molecule is CCCC(NC1CCCC1)c1cccs1. The topological polar surface area (TPSA) is 12.0 Å². The smallest absolute Gasteiger partial charge is 0.0416 e. The Morgan fingerprint density at radius 1 is 1.47 bits per heavy atom. The molecule has 0 bridgehead atoms. The zero-order valence-electron chi connectivity index (χ0n) is 9.54. The number of hydrogen-bond acceptors (Lipinski definition) is 2. The third-order valence-electron chi connectivity index (χ3n) is 3.26. The summed E-state index contributed by atoms with van der Waals surface area (Å²) in [6, 6.07) is 5.83. The molecular weight excluding hydrogens is 202 g/mol. The maximum absolute atomic E-state index is 3.83. The lowest BCUT2D eigenvalue weighted by Crippen LogP contribution is -2.30. The molecule has 1 atom stereocenters. The van der Waals surface area contributed by atoms with E-state index >= 15 is 0 Å². The first-order valence-corrected chi connectivity index (χ1v) is 7.07. The summed E-state index contributed by atoms with van der Waals surface area (Å²) in [7, 11) is 0. The van der Waals surface area contributed by atoms with Crippen LogP contribution in [0.25, 0.3) is 0 Å². The molecule has 1 heterocycles. The maximum Gasteiger partial charge on any atom is 0.0416 e. The van der Waals surface area contributed by atoms with Crippen LogP contribution in [0.4, 0.5) is 0 Å². The van der Waals surface area contributed by atoms with E-state index < -0.39 is 0 Å². The molecular formula is C13H21NS. The second-order valence-corrected chi connectivity index (χ2v) is 5.48. The molecule has 1 aromatic rings. The van der Waals surface area contributed by atoms with Crippen molar-refractivity contribution in [2.75, 3.05) is 0 Å². The average molecular weight is 223 g/mol. The van der Waals surface area contributed by atoms with Crippen molar-refractivity contribution in [1.29, 1.82) is 0 Å². The molecule has 1 fully saturated rings. The highest BCUT2D eigenvalue weighted by molar-refractivity contribution is 7.10. The van der Waals surface area contributed by atoms with E-state index in [0.717, 1.165) is 6.04 Å². The summed E-state index contributed by atoms with van der Waals surface area (Å²) in [6.07, 6.45) is 8.14. The summed E-state index contributed by atoms with van der Waals surface area (Å²) in [5.74, 6) is 0. The number of rotatable bonds is 5. The largest absolute Gasteiger partial charge is 0.306 e. The van der Waals surface area contributed by atoms with Crippen LogP contribution in [0.15, 0.2) is 17.5 Å². The van der Waals surface area contributed by atoms with E-state index in [1.54, 1.807) is 0 Å². The van der Waals surface area contributed by atoms with Crippen molar-refractivity contribution in [3.8, 4) is 0 Å². The fraction of sp³-hybridized carbons (Fsp3) is 0.692. The molecule has 0 aromatic carbocycles. The predicted octanol–water partition coefficient (Wildman–Crippen LogP) is 4.12. The van der Waals surface area contributed by atoms with Gasteiger partial charge in [0.15, 0.2) is 0 Å². The summed E-state index contributed by atoms with van der Waals surface area (Å²) in [5.41, 5.74) is 0. The quantitative estimate of drug-likeness (QED) is 0.791. The van der Waals surface area contributed by atoms with Crippen LogP contribution in [0.1, 0.15) is 56.4 Å². The van der Waals surface area contributed by atoms with Gasteiger partial charge in [-0.15, -0.1) is 11.3 Å². The van der Waals surface area contributed by atoms with Crippen LogP contribution in [0.5, 0.6) is 0 Å². The minimum Gasteiger partial charge on any atom is -0.306 e. The molecule has 1 aliphatic carbocycles. The summed E-state index contributed by atoms with van der Waals surface area (Å²) >= 11 is 1.89. The van der Waals surface area contributed by atoms with E-state index in [1.807, 2.05) is 11.3 Å². The normalized spacial score (nSPS) is 19.5. The fourth-order valence-electron chi connectivity index (χ4n) is 2.46. The van der Waals surface area contributed by atoms with E-state index in [9.17, 15) is 0 Å². The van der Waals surface area contributed by atoms with Crippen molar-refractivity contribution < 1.29 is 0 Å². The van der Waals surface area contributed by atoms with E-state index in [2.05, 4.69) is 29.8 Å². The molecule has 1 saturated carbocycles. The Kier molecular flexibility index (Phi) is 4.21. The molecule has 0 aliphatic heterocycles. The van der Waals surface area contributed by atoms with Crippen LogP contribution in [0.2, 0.25) is 0 Å². The first-order chi connectivity index (χ1) is 7.40. The van der Waals surface area contributed by atoms with Gasteiger partial charge < -0.3 is 5.32 Å². The zero-order chi connectivity index (χ0) is 10.5. The van der Waals surface area contributed by atoms with Gasteiger partial charge in [0.2, 0.25) is 0 Å². The third kappa shape index (κ3) is 3.05. The molecule has 0 spiro atoms. The van der Waals surface area contributed by atoms with Crippen LogP contribution in [0.3, 0.4) is 0 Å². The number of thiophene rings is 1. The van der Waals surface area contributed by atoms with Crippen molar-refractivity contribution in [3.63, 3.8) is 0 Å². The highest BCUT2D eigenvalue weighted by Crippen LogP contribution is 2.27. The van der Waals surface area contributed by atoms with Gasteiger partial charge in [-0.2, -0.15) is 0 Å². The van der Waals surface area contributed by atoms with Gasteiger partial charge in [-0.25, -0.2) is 0 Å². The predicted molar refractivity (Wildman–Crippen MR) is 67.4 cm³/mol. The maximum atomic E-state index is 3.83. The zero-order valence-corrected chi connectivity index (χ0v) is 10.4. The summed E-state index contributed by atoms with van der Waals surface area (Å²) in [5, 5.41) is 6.02. The minimum absolute atomic E-state index is 0.609. The Bertz CT molecular complexity index is 262. The Morgan fingerprint density at radius 2 is 2.27 bits per heavy atom. The van der Waals surface area contributed by atoms with E-state index in [1.165, 1.54) is 43.4 Å². The Balaban J connectivity index is 1.93. The van der Waals surface area contributed by atoms with Gasteiger partial charge in [0.05, 0.1) is 0 Å². The van der Waals surface area contributed by atoms with Gasteiger partial charge in [-0.1, -0.05) is 32.3 Å². The lowest BCUT2D eigenvalue weighted by molar-refractivity contribution is 0.421. The molecule has 1 N–H and O–H groups in total. The van der Waals surface area contributed by atoms with Crippen molar-refractivity contribution in [2.45, 2.75) is 57.5 Å². The summed E-state index contributed by atoms with van der Waals surface area (Å²) < 4.78 is 0. The van der Waals surface area contributed by atoms with Crippen LogP contribution < -0.4 is 5.32 Å². The standard InChI is InChI=1S/C13H21NS/c1-2-6-12(13-9-5-10-15-13)14-11-7-3-4-8-11/h5,9-12,14H,2-4,6-8H2,1H3. The molecule has 0 amide bonds. The van der Waals surface area contributed by atoms with E-state index in [-0.39, 0.29) is 0 Å². The number of nitrogens with one attached hydrogen (secondary N) is 1. The second kappa shape index (κ2) is 5.66. The van der Waals surface area contributed by atoms with Crippen LogP contribution in [-0.4, -0.2) is 6.04 Å². The lowest BCUT2D eigenvalue weighted by Gasteiger charge is -2.21. The molecule has 0 saturated heterocycles. The molecule has 2 heteroatoms. The first-order valence-electron chi connectivity index (χ1n) is 6.19. The Labute approximate surface area is 96.9 Å². The second-order valence-electron chi connectivity index (χ2n) is 4.50. The molecule has 15 heavy (non-hydrogen) atoms. The monoisotopic (exact) mass is 223 g/mol. The molecule has 84 valence electrons. The van der Waals surface area contributed by atoms with Gasteiger partial charge in [0.25, 0.3) is 0 Å². The average Bonchev–Trinajstić information content (AvgIpc) is 2.89. The van der Waals surface area contributed by atoms with E-state index in [4.69, 9.17) is 0 Å². The van der Waals surface area contributed by atoms with Gasteiger partial charge in [-0.05, 0) is 30.7 Å². The van der Waals surface area contributed by atoms with Gasteiger partial charge in [-0.3, -0.25) is 0 Å². The molecule has 2 rings (SSSR count). The van der Waals surface area contributed by atoms with Crippen LogP contribution in [0, 0.1) is 0 Å². The van der Waals surface area contributed by atoms with Crippen LogP contribution in [-0.2, 0) is 0 Å². The van der Waals surface area contributed by atoms with Crippen molar-refractivity contribution in [1.82, 2.24) is 5.32 Å². The van der Waals surface area contributed by atoms with E-state index in [0.29, 0.717) is 6.04 Å². The molecule has 1 nitrogen and oxygen atoms in total. The molecule has 1 aromatic heterocycles. The Morgan fingerprint density at radius 3 is 2.87 bits per heavy atom. The van der Waals surface area contributed by atoms with Gasteiger partial charge in [0.1, 0.15) is 0 Å². The highest BCUT2D eigenvalue weighted by Gasteiger charge is 2.19. The summed E-state index contributed by atoms with van der Waals surface area (Å²) in [6.45, 7) is 2.27. The van der Waals surface area contributed by atoms with Gasteiger partial charge in [0, 0.05) is 17.0 Å². The van der Waals surface area contributed by atoms with Crippen molar-refractivity contribution >= 4 is 11.3 Å². The molecule has 1 unspecified atom stereocenters. The minimum atomic E-state index is 0.609. The first kappa shape index (κ1) is 11.2. The lowest BCUT2D eigenvalue weighted by atomic mass is 10.1. The number of hydrogen-bond donors (Lipinski definition) is 1. The van der Waals surface area contributed by atoms with Crippen molar-refractivity contribution in [2.24, 2.45) is 0 Å². The third-order valence-corrected chi connectivity index (χ3v) is 4.24. The molecule has 0 radical (unpaired) electrons.